The smallest absolute Gasteiger partial charge is 0.292 e. The van der Waals surface area contributed by atoms with E-state index in [9.17, 15) is 9.59 Å². The highest BCUT2D eigenvalue weighted by Crippen LogP contribution is 2.31. The average Bonchev–Trinajstić information content (AvgIpc) is 3.03. The summed E-state index contributed by atoms with van der Waals surface area (Å²) in [5, 5.41) is 6.74. The molecule has 1 unspecified atom stereocenters. The Balaban J connectivity index is 1.67. The van der Waals surface area contributed by atoms with Crippen LogP contribution in [0.1, 0.15) is 42.7 Å². The first-order valence-electron chi connectivity index (χ1n) is 7.23. The van der Waals surface area contributed by atoms with Crippen molar-refractivity contribution < 1.29 is 18.8 Å². The van der Waals surface area contributed by atoms with Crippen molar-refractivity contribution in [1.82, 2.24) is 15.4 Å². The summed E-state index contributed by atoms with van der Waals surface area (Å²) in [6, 6.07) is 1.50. The van der Waals surface area contributed by atoms with E-state index in [1.807, 2.05) is 0 Å². The minimum Gasteiger partial charge on any atom is -0.479 e. The largest absolute Gasteiger partial charge is 0.479 e. The summed E-state index contributed by atoms with van der Waals surface area (Å²) < 4.78 is 9.93. The Kier molecular flexibility index (Phi) is 3.57. The van der Waals surface area contributed by atoms with Crippen molar-refractivity contribution in [3.8, 4) is 5.88 Å². The first-order valence-corrected chi connectivity index (χ1v) is 7.23. The molecular formula is C14H19N3O4. The number of amides is 2. The van der Waals surface area contributed by atoms with Crippen LogP contribution in [-0.2, 0) is 4.79 Å². The van der Waals surface area contributed by atoms with Gasteiger partial charge in [-0.1, -0.05) is 0 Å². The number of nitrogens with one attached hydrogen (secondary N) is 1. The molecule has 0 bridgehead atoms. The van der Waals surface area contributed by atoms with E-state index < -0.39 is 0 Å². The second kappa shape index (κ2) is 5.38. The topological polar surface area (TPSA) is 84.7 Å². The van der Waals surface area contributed by atoms with Crippen molar-refractivity contribution in [2.45, 2.75) is 37.6 Å². The van der Waals surface area contributed by atoms with Gasteiger partial charge in [-0.3, -0.25) is 9.59 Å². The Morgan fingerprint density at radius 3 is 2.95 bits per heavy atom. The van der Waals surface area contributed by atoms with Crippen molar-refractivity contribution >= 4 is 11.8 Å². The first kappa shape index (κ1) is 13.9. The fraction of sp³-hybridized carbons (Fsp3) is 0.643. The molecule has 1 N–H and O–H groups in total. The fourth-order valence-corrected chi connectivity index (χ4v) is 3.16. The summed E-state index contributed by atoms with van der Waals surface area (Å²) in [7, 11) is 1.48. The highest BCUT2D eigenvalue weighted by Gasteiger charge is 2.39. The Morgan fingerprint density at radius 2 is 2.29 bits per heavy atom. The maximum Gasteiger partial charge on any atom is 0.292 e. The van der Waals surface area contributed by atoms with Gasteiger partial charge in [0.2, 0.25) is 11.7 Å². The van der Waals surface area contributed by atoms with Gasteiger partial charge in [0.25, 0.3) is 11.8 Å². The molecule has 3 rings (SSSR count). The number of ether oxygens (including phenoxy) is 1. The van der Waals surface area contributed by atoms with E-state index in [1.54, 1.807) is 4.90 Å². The molecule has 1 aromatic heterocycles. The van der Waals surface area contributed by atoms with Crippen molar-refractivity contribution in [1.29, 1.82) is 0 Å². The number of carbonyl (C=O) groups excluding carboxylic acids is 2. The number of aromatic nitrogens is 1. The third kappa shape index (κ3) is 2.72. The molecule has 2 amide bonds. The van der Waals surface area contributed by atoms with Gasteiger partial charge in [-0.2, -0.15) is 0 Å². The van der Waals surface area contributed by atoms with Gasteiger partial charge in [0, 0.05) is 25.0 Å². The normalized spacial score (nSPS) is 25.8. The number of hydrogen-bond donors (Lipinski definition) is 1. The second-order valence-electron chi connectivity index (χ2n) is 5.71. The molecule has 2 fully saturated rings. The zero-order valence-corrected chi connectivity index (χ0v) is 12.1. The van der Waals surface area contributed by atoms with Gasteiger partial charge in [0.05, 0.1) is 13.2 Å². The molecule has 114 valence electrons. The van der Waals surface area contributed by atoms with Crippen LogP contribution in [0.3, 0.4) is 0 Å². The van der Waals surface area contributed by atoms with Crippen LogP contribution < -0.4 is 10.1 Å². The molecule has 0 radical (unpaired) electrons. The Labute approximate surface area is 122 Å². The number of hydrogen-bond acceptors (Lipinski definition) is 5. The van der Waals surface area contributed by atoms with E-state index in [2.05, 4.69) is 10.5 Å². The lowest BCUT2D eigenvalue weighted by Crippen LogP contribution is -2.42. The van der Waals surface area contributed by atoms with Crippen molar-refractivity contribution in [3.63, 3.8) is 0 Å². The maximum absolute atomic E-state index is 12.4. The summed E-state index contributed by atoms with van der Waals surface area (Å²) in [6.07, 6.45) is 4.03. The van der Waals surface area contributed by atoms with E-state index in [1.165, 1.54) is 13.2 Å². The molecule has 21 heavy (non-hydrogen) atoms. The molecule has 2 aliphatic heterocycles. The standard InChI is InChI=1S/C14H19N3O4/c1-20-12-9-10(21-16-12)13(19)17-7-2-4-14(6-8-17)5-3-11(18)15-14/h9H,2-8H2,1H3,(H,15,18). The molecule has 2 saturated heterocycles. The molecule has 7 nitrogen and oxygen atoms in total. The molecule has 0 aliphatic carbocycles. The Bertz CT molecular complexity index is 556. The molecule has 1 aromatic rings. The minimum absolute atomic E-state index is 0.120. The predicted octanol–water partition coefficient (Wildman–Crippen LogP) is 0.958. The van der Waals surface area contributed by atoms with E-state index in [0.717, 1.165) is 25.7 Å². The highest BCUT2D eigenvalue weighted by molar-refractivity contribution is 5.91. The lowest BCUT2D eigenvalue weighted by atomic mass is 9.89. The van der Waals surface area contributed by atoms with Crippen LogP contribution in [0, 0.1) is 0 Å². The van der Waals surface area contributed by atoms with E-state index in [-0.39, 0.29) is 23.1 Å². The summed E-state index contributed by atoms with van der Waals surface area (Å²) in [5.41, 5.74) is -0.120. The molecule has 2 aliphatic rings. The molecule has 1 atom stereocenters. The summed E-state index contributed by atoms with van der Waals surface area (Å²) in [6.45, 7) is 1.28. The van der Waals surface area contributed by atoms with Gasteiger partial charge < -0.3 is 19.5 Å². The Hall–Kier alpha value is -2.05. The van der Waals surface area contributed by atoms with Gasteiger partial charge in [-0.15, -0.1) is 0 Å². The van der Waals surface area contributed by atoms with Crippen LogP contribution in [-0.4, -0.2) is 47.6 Å². The average molecular weight is 293 g/mol. The molecular weight excluding hydrogens is 274 g/mol. The quantitative estimate of drug-likeness (QED) is 0.878. The molecule has 7 heteroatoms. The number of likely N-dealkylation sites (tertiary alicyclic amines) is 1. The number of carbonyl (C=O) groups is 2. The van der Waals surface area contributed by atoms with Gasteiger partial charge in [-0.25, -0.2) is 0 Å². The maximum atomic E-state index is 12.4. The molecule has 1 spiro atoms. The predicted molar refractivity (Wildman–Crippen MR) is 72.9 cm³/mol. The van der Waals surface area contributed by atoms with Crippen molar-refractivity contribution in [2.24, 2.45) is 0 Å². The van der Waals surface area contributed by atoms with Crippen LogP contribution in [0.15, 0.2) is 10.6 Å². The van der Waals surface area contributed by atoms with Gasteiger partial charge in [-0.05, 0) is 30.8 Å². The zero-order valence-electron chi connectivity index (χ0n) is 12.1. The summed E-state index contributed by atoms with van der Waals surface area (Å²) in [5.74, 6) is 0.438. The first-order chi connectivity index (χ1) is 10.1. The third-order valence-corrected chi connectivity index (χ3v) is 4.37. The summed E-state index contributed by atoms with van der Waals surface area (Å²) >= 11 is 0. The van der Waals surface area contributed by atoms with E-state index >= 15 is 0 Å². The van der Waals surface area contributed by atoms with E-state index in [0.29, 0.717) is 25.4 Å². The van der Waals surface area contributed by atoms with Gasteiger partial charge in [0.15, 0.2) is 0 Å². The monoisotopic (exact) mass is 293 g/mol. The molecule has 0 aromatic carbocycles. The SMILES string of the molecule is COc1cc(C(=O)N2CCCC3(CCC(=O)N3)CC2)on1. The van der Waals surface area contributed by atoms with Crippen LogP contribution >= 0.6 is 0 Å². The number of methoxy groups -OCH3 is 1. The Morgan fingerprint density at radius 1 is 1.43 bits per heavy atom. The highest BCUT2D eigenvalue weighted by atomic mass is 16.5. The van der Waals surface area contributed by atoms with Crippen LogP contribution in [0.4, 0.5) is 0 Å². The van der Waals surface area contributed by atoms with Crippen molar-refractivity contribution in [2.75, 3.05) is 20.2 Å². The summed E-state index contributed by atoms with van der Waals surface area (Å²) in [4.78, 5) is 25.6. The molecule has 3 heterocycles. The van der Waals surface area contributed by atoms with Crippen LogP contribution in [0.25, 0.3) is 0 Å². The van der Waals surface area contributed by atoms with Gasteiger partial charge in [0.1, 0.15) is 0 Å². The minimum atomic E-state index is -0.174. The number of rotatable bonds is 2. The number of nitrogens with zero attached hydrogens (tertiary/aromatic N) is 2. The second-order valence-corrected chi connectivity index (χ2v) is 5.71. The van der Waals surface area contributed by atoms with Crippen LogP contribution in [0.5, 0.6) is 5.88 Å². The zero-order chi connectivity index (χ0) is 14.9. The van der Waals surface area contributed by atoms with Crippen LogP contribution in [0.2, 0.25) is 0 Å². The molecule has 0 saturated carbocycles. The van der Waals surface area contributed by atoms with E-state index in [4.69, 9.17) is 9.26 Å². The lowest BCUT2D eigenvalue weighted by Gasteiger charge is -2.27. The van der Waals surface area contributed by atoms with Gasteiger partial charge >= 0.3 is 0 Å². The fourth-order valence-electron chi connectivity index (χ4n) is 3.16. The van der Waals surface area contributed by atoms with Crippen molar-refractivity contribution in [3.05, 3.63) is 11.8 Å². The third-order valence-electron chi connectivity index (χ3n) is 4.37. The lowest BCUT2D eigenvalue weighted by molar-refractivity contribution is -0.119.